The lowest BCUT2D eigenvalue weighted by Crippen LogP contribution is -2.26. The van der Waals surface area contributed by atoms with Crippen LogP contribution in [0.1, 0.15) is 48.6 Å². The van der Waals surface area contributed by atoms with Crippen molar-refractivity contribution >= 4 is 5.97 Å². The van der Waals surface area contributed by atoms with Gasteiger partial charge in [-0.25, -0.2) is 9.37 Å². The first-order valence-corrected chi connectivity index (χ1v) is 12.1. The van der Waals surface area contributed by atoms with Crippen LogP contribution in [0.5, 0.6) is 17.2 Å². The summed E-state index contributed by atoms with van der Waals surface area (Å²) in [7, 11) is 1.37. The molecule has 2 aliphatic rings. The summed E-state index contributed by atoms with van der Waals surface area (Å²) >= 11 is 0. The second-order valence-corrected chi connectivity index (χ2v) is 9.59. The van der Waals surface area contributed by atoms with Crippen LogP contribution in [0.15, 0.2) is 48.5 Å². The fraction of sp³-hybridized carbons (Fsp3) is 0.357. The van der Waals surface area contributed by atoms with E-state index in [4.69, 9.17) is 14.2 Å². The average molecular weight is 532 g/mol. The first-order chi connectivity index (χ1) is 18.1. The van der Waals surface area contributed by atoms with E-state index in [9.17, 15) is 27.5 Å². The fourth-order valence-corrected chi connectivity index (χ4v) is 4.96. The third-order valence-electron chi connectivity index (χ3n) is 7.06. The molecule has 5 rings (SSSR count). The van der Waals surface area contributed by atoms with Crippen molar-refractivity contribution in [1.29, 1.82) is 0 Å². The van der Waals surface area contributed by atoms with Gasteiger partial charge in [-0.1, -0.05) is 19.1 Å². The van der Waals surface area contributed by atoms with Crippen molar-refractivity contribution < 1.29 is 41.7 Å². The molecule has 2 heterocycles. The molecule has 0 unspecified atom stereocenters. The number of alkyl halides is 3. The summed E-state index contributed by atoms with van der Waals surface area (Å²) < 4.78 is 73.6. The van der Waals surface area contributed by atoms with Crippen molar-refractivity contribution in [3.63, 3.8) is 0 Å². The molecule has 0 amide bonds. The maximum absolute atomic E-state index is 14.5. The number of carboxylic acid groups (broad SMARTS) is 1. The minimum absolute atomic E-state index is 0.129. The van der Waals surface area contributed by atoms with Crippen LogP contribution in [0.2, 0.25) is 0 Å². The Morgan fingerprint density at radius 1 is 1.11 bits per heavy atom. The average Bonchev–Trinajstić information content (AvgIpc) is 3.73. The molecule has 1 N–H and O–H groups in total. The molecule has 0 bridgehead atoms. The van der Waals surface area contributed by atoms with Gasteiger partial charge in [-0.05, 0) is 66.6 Å². The number of pyridine rings is 1. The second-order valence-electron chi connectivity index (χ2n) is 9.59. The maximum atomic E-state index is 14.5. The van der Waals surface area contributed by atoms with Gasteiger partial charge in [-0.2, -0.15) is 13.2 Å². The molecule has 0 saturated heterocycles. The van der Waals surface area contributed by atoms with Gasteiger partial charge < -0.3 is 19.3 Å². The zero-order valence-electron chi connectivity index (χ0n) is 20.6. The highest BCUT2D eigenvalue weighted by Crippen LogP contribution is 2.49. The molecule has 1 fully saturated rings. The van der Waals surface area contributed by atoms with Crippen molar-refractivity contribution in [2.45, 2.75) is 38.0 Å². The number of carboxylic acids is 1. The SMILES string of the molecule is COc1ccc(F)c(-c2ccc([C@@H]3COc4ccc([C@H](C5CC5)[C@H](C)C(=O)O)cc4O3)c(C(F)(F)F)n2)c1. The summed E-state index contributed by atoms with van der Waals surface area (Å²) in [6, 6.07) is 11.4. The Balaban J connectivity index is 1.49. The third kappa shape index (κ3) is 4.99. The lowest BCUT2D eigenvalue weighted by atomic mass is 9.83. The first-order valence-electron chi connectivity index (χ1n) is 12.1. The minimum Gasteiger partial charge on any atom is -0.497 e. The molecule has 0 radical (unpaired) electrons. The number of halogens is 4. The molecule has 1 aliphatic carbocycles. The van der Waals surface area contributed by atoms with E-state index < -0.39 is 35.7 Å². The largest absolute Gasteiger partial charge is 0.497 e. The normalized spacial score (nSPS) is 18.5. The standard InChI is InChI=1S/C28H25F4NO5/c1-14(27(34)35)25(15-3-4-15)16-5-10-22-23(11-16)38-24(13-37-22)18-7-9-21(33-26(18)28(30,31)32)19-12-17(36-2)6-8-20(19)29/h5-12,14-15,24-25H,3-4,13H2,1-2H3,(H,34,35)/t14-,24-,25-/m0/s1. The minimum atomic E-state index is -4.85. The Bertz CT molecular complexity index is 1370. The van der Waals surface area contributed by atoms with E-state index >= 15 is 0 Å². The summed E-state index contributed by atoms with van der Waals surface area (Å²) in [5.41, 5.74) is -1.05. The van der Waals surface area contributed by atoms with Crippen LogP contribution < -0.4 is 14.2 Å². The fourth-order valence-electron chi connectivity index (χ4n) is 4.96. The summed E-state index contributed by atoms with van der Waals surface area (Å²) in [5, 5.41) is 9.58. The Morgan fingerprint density at radius 2 is 1.87 bits per heavy atom. The predicted molar refractivity (Wildman–Crippen MR) is 129 cm³/mol. The van der Waals surface area contributed by atoms with Gasteiger partial charge >= 0.3 is 12.1 Å². The molecule has 10 heteroatoms. The van der Waals surface area contributed by atoms with E-state index in [0.29, 0.717) is 5.75 Å². The topological polar surface area (TPSA) is 77.9 Å². The highest BCUT2D eigenvalue weighted by Gasteiger charge is 2.41. The van der Waals surface area contributed by atoms with Gasteiger partial charge in [0.2, 0.25) is 0 Å². The van der Waals surface area contributed by atoms with Gasteiger partial charge in [0.1, 0.15) is 18.2 Å². The van der Waals surface area contributed by atoms with Crippen molar-refractivity contribution in [3.05, 3.63) is 71.2 Å². The third-order valence-corrected chi connectivity index (χ3v) is 7.06. The molecule has 3 aromatic rings. The highest BCUT2D eigenvalue weighted by atomic mass is 19.4. The van der Waals surface area contributed by atoms with Crippen molar-refractivity contribution in [2.75, 3.05) is 13.7 Å². The van der Waals surface area contributed by atoms with Gasteiger partial charge in [0.05, 0.1) is 18.7 Å². The van der Waals surface area contributed by atoms with E-state index in [1.165, 1.54) is 31.4 Å². The number of carbonyl (C=O) groups is 1. The molecule has 200 valence electrons. The van der Waals surface area contributed by atoms with Crippen LogP contribution in [-0.2, 0) is 11.0 Å². The monoisotopic (exact) mass is 531 g/mol. The Morgan fingerprint density at radius 3 is 2.53 bits per heavy atom. The number of aromatic nitrogens is 1. The summed E-state index contributed by atoms with van der Waals surface area (Å²) in [5.74, 6) is -1.43. The maximum Gasteiger partial charge on any atom is 0.433 e. The molecule has 1 aliphatic heterocycles. The van der Waals surface area contributed by atoms with E-state index in [0.717, 1.165) is 24.5 Å². The van der Waals surface area contributed by atoms with Gasteiger partial charge in [-0.3, -0.25) is 4.79 Å². The molecular weight excluding hydrogens is 506 g/mol. The van der Waals surface area contributed by atoms with E-state index in [1.807, 2.05) is 0 Å². The first kappa shape index (κ1) is 25.8. The van der Waals surface area contributed by atoms with Crippen LogP contribution in [0.25, 0.3) is 11.3 Å². The number of hydrogen-bond acceptors (Lipinski definition) is 5. The highest BCUT2D eigenvalue weighted by molar-refractivity contribution is 5.71. The second kappa shape index (κ2) is 9.81. The number of nitrogens with zero attached hydrogens (tertiary/aromatic N) is 1. The van der Waals surface area contributed by atoms with Crippen LogP contribution in [0, 0.1) is 17.7 Å². The predicted octanol–water partition coefficient (Wildman–Crippen LogP) is 6.64. The van der Waals surface area contributed by atoms with E-state index in [-0.39, 0.29) is 46.8 Å². The number of aliphatic carboxylic acids is 1. The Kier molecular flexibility index (Phi) is 6.66. The Labute approximate surface area is 216 Å². The molecular formula is C28H25F4NO5. The summed E-state index contributed by atoms with van der Waals surface area (Å²) in [6.07, 6.45) is -4.15. The van der Waals surface area contributed by atoms with Crippen LogP contribution >= 0.6 is 0 Å². The number of ether oxygens (including phenoxy) is 3. The van der Waals surface area contributed by atoms with Gasteiger partial charge in [0, 0.05) is 11.1 Å². The zero-order valence-corrected chi connectivity index (χ0v) is 20.6. The number of hydrogen-bond donors (Lipinski definition) is 1. The number of methoxy groups -OCH3 is 1. The van der Waals surface area contributed by atoms with Gasteiger partial charge in [-0.15, -0.1) is 0 Å². The van der Waals surface area contributed by atoms with Gasteiger partial charge in [0.25, 0.3) is 0 Å². The lowest BCUT2D eigenvalue weighted by Gasteiger charge is -2.30. The van der Waals surface area contributed by atoms with Crippen LogP contribution in [0.4, 0.5) is 17.6 Å². The van der Waals surface area contributed by atoms with E-state index in [1.54, 1.807) is 25.1 Å². The Hall–Kier alpha value is -3.82. The summed E-state index contributed by atoms with van der Waals surface area (Å²) in [6.45, 7) is 1.46. The lowest BCUT2D eigenvalue weighted by molar-refractivity contribution is -0.143. The molecule has 2 aromatic carbocycles. The van der Waals surface area contributed by atoms with Crippen molar-refractivity contribution in [2.24, 2.45) is 11.8 Å². The molecule has 1 saturated carbocycles. The van der Waals surface area contributed by atoms with Gasteiger partial charge in [0.15, 0.2) is 23.3 Å². The molecule has 0 spiro atoms. The molecule has 1 aromatic heterocycles. The molecule has 38 heavy (non-hydrogen) atoms. The van der Waals surface area contributed by atoms with Crippen LogP contribution in [0.3, 0.4) is 0 Å². The van der Waals surface area contributed by atoms with Crippen molar-refractivity contribution in [1.82, 2.24) is 4.98 Å². The van der Waals surface area contributed by atoms with Crippen LogP contribution in [-0.4, -0.2) is 29.8 Å². The van der Waals surface area contributed by atoms with E-state index in [2.05, 4.69) is 4.98 Å². The zero-order chi connectivity index (χ0) is 27.2. The molecule has 6 nitrogen and oxygen atoms in total. The molecule has 3 atom stereocenters. The quantitative estimate of drug-likeness (QED) is 0.345. The number of rotatable bonds is 7. The number of benzene rings is 2. The number of fused-ring (bicyclic) bond motifs is 1. The van der Waals surface area contributed by atoms with Crippen molar-refractivity contribution in [3.8, 4) is 28.5 Å². The summed E-state index contributed by atoms with van der Waals surface area (Å²) in [4.78, 5) is 15.5. The smallest absolute Gasteiger partial charge is 0.433 e.